The number of pyridine rings is 1. The Labute approximate surface area is 112 Å². The normalized spacial score (nSPS) is 22.3. The summed E-state index contributed by atoms with van der Waals surface area (Å²) in [5.74, 6) is 0.765. The average Bonchev–Trinajstić information content (AvgIpc) is 2.40. The molecule has 1 aromatic rings. The number of alkyl halides is 1. The van der Waals surface area contributed by atoms with Gasteiger partial charge in [-0.1, -0.05) is 6.07 Å². The van der Waals surface area contributed by atoms with E-state index in [1.165, 1.54) is 0 Å². The van der Waals surface area contributed by atoms with Crippen LogP contribution in [0.4, 0.5) is 0 Å². The zero-order valence-electron chi connectivity index (χ0n) is 10.4. The highest BCUT2D eigenvalue weighted by atomic mass is 35.5. The van der Waals surface area contributed by atoms with E-state index in [0.29, 0.717) is 26.2 Å². The Hall–Kier alpha value is -1.10. The van der Waals surface area contributed by atoms with Gasteiger partial charge < -0.3 is 15.2 Å². The number of nitrogens with two attached hydrogens (primary N) is 1. The molecule has 1 aliphatic carbocycles. The van der Waals surface area contributed by atoms with Crippen LogP contribution in [-0.4, -0.2) is 31.9 Å². The molecule has 1 heterocycles. The molecule has 1 atom stereocenters. The first-order chi connectivity index (χ1) is 8.71. The number of rotatable bonds is 5. The quantitative estimate of drug-likeness (QED) is 0.654. The molecule has 98 valence electrons. The highest BCUT2D eigenvalue weighted by Gasteiger charge is 2.36. The Balaban J connectivity index is 2.28. The van der Waals surface area contributed by atoms with Gasteiger partial charge in [0, 0.05) is 18.3 Å². The van der Waals surface area contributed by atoms with Gasteiger partial charge in [-0.25, -0.2) is 0 Å². The highest BCUT2D eigenvalue weighted by Crippen LogP contribution is 2.41. The molecule has 0 aliphatic heterocycles. The lowest BCUT2D eigenvalue weighted by molar-refractivity contribution is 0.114. The van der Waals surface area contributed by atoms with Crippen LogP contribution in [0.25, 0.3) is 5.76 Å². The zero-order valence-corrected chi connectivity index (χ0v) is 11.1. The summed E-state index contributed by atoms with van der Waals surface area (Å²) in [6.07, 6.45) is 4.34. The molecule has 18 heavy (non-hydrogen) atoms. The van der Waals surface area contributed by atoms with E-state index in [0.717, 1.165) is 17.0 Å². The second-order valence-electron chi connectivity index (χ2n) is 4.18. The van der Waals surface area contributed by atoms with Crippen molar-refractivity contribution >= 4 is 17.4 Å². The topological polar surface area (TPSA) is 57.4 Å². The summed E-state index contributed by atoms with van der Waals surface area (Å²) in [5, 5.41) is 0. The van der Waals surface area contributed by atoms with Crippen molar-refractivity contribution in [2.45, 2.75) is 11.3 Å². The van der Waals surface area contributed by atoms with Crippen molar-refractivity contribution in [2.24, 2.45) is 5.73 Å². The molecule has 2 rings (SSSR count). The Morgan fingerprint density at radius 2 is 2.39 bits per heavy atom. The minimum atomic E-state index is -0.583. The molecule has 5 heteroatoms. The molecule has 1 unspecified atom stereocenters. The van der Waals surface area contributed by atoms with Gasteiger partial charge in [0.1, 0.15) is 11.5 Å². The Bertz CT molecular complexity index is 450. The van der Waals surface area contributed by atoms with Crippen LogP contribution in [-0.2, 0) is 14.3 Å². The largest absolute Gasteiger partial charge is 0.495 e. The third-order valence-electron chi connectivity index (χ3n) is 2.95. The average molecular weight is 269 g/mol. The van der Waals surface area contributed by atoms with Crippen LogP contribution in [0.3, 0.4) is 0 Å². The van der Waals surface area contributed by atoms with E-state index in [1.807, 2.05) is 18.2 Å². The SMILES string of the molecule is COC1=CCC(Cl)(COCCN)c2cccnc21. The van der Waals surface area contributed by atoms with E-state index in [1.54, 1.807) is 13.3 Å². The van der Waals surface area contributed by atoms with E-state index >= 15 is 0 Å². The minimum Gasteiger partial charge on any atom is -0.495 e. The van der Waals surface area contributed by atoms with Gasteiger partial charge in [-0.05, 0) is 18.6 Å². The third kappa shape index (κ3) is 2.51. The van der Waals surface area contributed by atoms with Crippen LogP contribution in [0.2, 0.25) is 0 Å². The highest BCUT2D eigenvalue weighted by molar-refractivity contribution is 6.24. The molecule has 0 fully saturated rings. The summed E-state index contributed by atoms with van der Waals surface area (Å²) < 4.78 is 10.8. The summed E-state index contributed by atoms with van der Waals surface area (Å²) in [6, 6.07) is 3.84. The molecule has 2 N–H and O–H groups in total. The van der Waals surface area contributed by atoms with E-state index in [4.69, 9.17) is 26.8 Å². The number of fused-ring (bicyclic) bond motifs is 1. The lowest BCUT2D eigenvalue weighted by Crippen LogP contribution is -2.30. The minimum absolute atomic E-state index is 0.415. The maximum Gasteiger partial charge on any atom is 0.140 e. The number of allylic oxidation sites excluding steroid dienone is 1. The van der Waals surface area contributed by atoms with Gasteiger partial charge in [0.2, 0.25) is 0 Å². The zero-order chi connectivity index (χ0) is 13.0. The Morgan fingerprint density at radius 1 is 1.56 bits per heavy atom. The lowest BCUT2D eigenvalue weighted by Gasteiger charge is -2.31. The van der Waals surface area contributed by atoms with Crippen LogP contribution in [0.5, 0.6) is 0 Å². The van der Waals surface area contributed by atoms with Gasteiger partial charge in [-0.15, -0.1) is 11.6 Å². The molecule has 0 bridgehead atoms. The van der Waals surface area contributed by atoms with Crippen LogP contribution in [0.1, 0.15) is 17.7 Å². The first kappa shape index (κ1) is 13.3. The van der Waals surface area contributed by atoms with E-state index in [-0.39, 0.29) is 0 Å². The fourth-order valence-electron chi connectivity index (χ4n) is 2.06. The molecule has 1 aliphatic rings. The molecule has 0 spiro atoms. The first-order valence-electron chi connectivity index (χ1n) is 5.88. The van der Waals surface area contributed by atoms with Gasteiger partial charge in [-0.3, -0.25) is 4.98 Å². The number of methoxy groups -OCH3 is 1. The van der Waals surface area contributed by atoms with Crippen molar-refractivity contribution in [1.29, 1.82) is 0 Å². The monoisotopic (exact) mass is 268 g/mol. The maximum absolute atomic E-state index is 6.66. The summed E-state index contributed by atoms with van der Waals surface area (Å²) >= 11 is 6.66. The number of halogens is 1. The number of nitrogens with zero attached hydrogens (tertiary/aromatic N) is 1. The van der Waals surface area contributed by atoms with Crippen molar-refractivity contribution in [2.75, 3.05) is 26.9 Å². The van der Waals surface area contributed by atoms with Gasteiger partial charge in [0.05, 0.1) is 25.2 Å². The fourth-order valence-corrected chi connectivity index (χ4v) is 2.37. The van der Waals surface area contributed by atoms with Crippen molar-refractivity contribution < 1.29 is 9.47 Å². The second kappa shape index (κ2) is 5.69. The molecular weight excluding hydrogens is 252 g/mol. The predicted octanol–water partition coefficient (Wildman–Crippen LogP) is 1.88. The standard InChI is InChI=1S/C13H17ClN2O2/c1-17-11-4-5-13(14,9-18-8-6-15)10-3-2-7-16-12(10)11/h2-4,7H,5-6,8-9,15H2,1H3. The molecule has 0 saturated carbocycles. The molecule has 0 saturated heterocycles. The Morgan fingerprint density at radius 3 is 3.11 bits per heavy atom. The van der Waals surface area contributed by atoms with Gasteiger partial charge >= 0.3 is 0 Å². The van der Waals surface area contributed by atoms with Gasteiger partial charge in [0.25, 0.3) is 0 Å². The molecule has 0 amide bonds. The molecular formula is C13H17ClN2O2. The maximum atomic E-state index is 6.66. The van der Waals surface area contributed by atoms with Crippen LogP contribution < -0.4 is 5.73 Å². The molecule has 4 nitrogen and oxygen atoms in total. The van der Waals surface area contributed by atoms with Gasteiger partial charge in [-0.2, -0.15) is 0 Å². The summed E-state index contributed by atoms with van der Waals surface area (Å²) in [6.45, 7) is 1.41. The van der Waals surface area contributed by atoms with E-state index in [2.05, 4.69) is 4.98 Å². The number of ether oxygens (including phenoxy) is 2. The number of hydrogen-bond acceptors (Lipinski definition) is 4. The summed E-state index contributed by atoms with van der Waals surface area (Å²) in [7, 11) is 1.64. The van der Waals surface area contributed by atoms with Gasteiger partial charge in [0.15, 0.2) is 0 Å². The van der Waals surface area contributed by atoms with Crippen molar-refractivity contribution in [3.8, 4) is 0 Å². The summed E-state index contributed by atoms with van der Waals surface area (Å²) in [4.78, 5) is 3.75. The smallest absolute Gasteiger partial charge is 0.140 e. The number of hydrogen-bond donors (Lipinski definition) is 1. The predicted molar refractivity (Wildman–Crippen MR) is 71.2 cm³/mol. The van der Waals surface area contributed by atoms with E-state index in [9.17, 15) is 0 Å². The number of aromatic nitrogens is 1. The summed E-state index contributed by atoms with van der Waals surface area (Å²) in [5.41, 5.74) is 7.15. The second-order valence-corrected chi connectivity index (χ2v) is 4.91. The van der Waals surface area contributed by atoms with E-state index < -0.39 is 4.87 Å². The van der Waals surface area contributed by atoms with Crippen molar-refractivity contribution in [1.82, 2.24) is 4.98 Å². The molecule has 0 aromatic carbocycles. The van der Waals surface area contributed by atoms with Crippen molar-refractivity contribution in [3.05, 3.63) is 35.7 Å². The third-order valence-corrected chi connectivity index (χ3v) is 3.41. The van der Waals surface area contributed by atoms with Crippen LogP contribution in [0, 0.1) is 0 Å². The Kier molecular flexibility index (Phi) is 4.22. The van der Waals surface area contributed by atoms with Crippen LogP contribution in [0.15, 0.2) is 24.4 Å². The van der Waals surface area contributed by atoms with Crippen molar-refractivity contribution in [3.63, 3.8) is 0 Å². The molecule has 0 radical (unpaired) electrons. The lowest BCUT2D eigenvalue weighted by atomic mass is 9.88. The fraction of sp³-hybridized carbons (Fsp3) is 0.462. The van der Waals surface area contributed by atoms with Crippen LogP contribution >= 0.6 is 11.6 Å². The molecule has 1 aromatic heterocycles. The first-order valence-corrected chi connectivity index (χ1v) is 6.26.